The fourth-order valence-corrected chi connectivity index (χ4v) is 3.64. The normalized spacial score (nSPS) is 10.5. The van der Waals surface area contributed by atoms with Gasteiger partial charge in [0.25, 0.3) is 0 Å². The monoisotopic (exact) mass is 403 g/mol. The van der Waals surface area contributed by atoms with Crippen LogP contribution in [0.5, 0.6) is 5.75 Å². The second-order valence-corrected chi connectivity index (χ2v) is 6.38. The average Bonchev–Trinajstić information content (AvgIpc) is 2.32. The van der Waals surface area contributed by atoms with Crippen LogP contribution >= 0.6 is 43.5 Å². The smallest absolute Gasteiger partial charge is 0.120 e. The first kappa shape index (κ1) is 14.7. The van der Waals surface area contributed by atoms with Crippen molar-refractivity contribution in [3.05, 3.63) is 55.4 Å². The van der Waals surface area contributed by atoms with Gasteiger partial charge in [0.05, 0.1) is 5.69 Å². The van der Waals surface area contributed by atoms with Crippen LogP contribution in [0.25, 0.3) is 0 Å². The molecule has 0 aromatic heterocycles. The van der Waals surface area contributed by atoms with E-state index >= 15 is 0 Å². The minimum Gasteiger partial charge on any atom is -0.508 e. The van der Waals surface area contributed by atoms with Crippen molar-refractivity contribution in [2.24, 2.45) is 0 Å². The van der Waals surface area contributed by atoms with Gasteiger partial charge in [0, 0.05) is 26.1 Å². The van der Waals surface area contributed by atoms with Gasteiger partial charge in [-0.2, -0.15) is 0 Å². The third-order valence-corrected chi connectivity index (χ3v) is 4.17. The van der Waals surface area contributed by atoms with Crippen molar-refractivity contribution >= 4 is 49.1 Å². The fourth-order valence-electron chi connectivity index (χ4n) is 1.75. The molecular formula is C14H12Br2ClNO. The Balaban J connectivity index is 2.21. The Kier molecular flexibility index (Phi) is 4.76. The van der Waals surface area contributed by atoms with E-state index in [9.17, 15) is 5.11 Å². The number of benzene rings is 2. The van der Waals surface area contributed by atoms with E-state index in [1.807, 2.05) is 19.1 Å². The van der Waals surface area contributed by atoms with Crippen LogP contribution in [-0.2, 0) is 6.54 Å². The highest BCUT2D eigenvalue weighted by Gasteiger charge is 2.08. The largest absolute Gasteiger partial charge is 0.508 e. The van der Waals surface area contributed by atoms with Gasteiger partial charge in [0.15, 0.2) is 0 Å². The molecule has 0 heterocycles. The van der Waals surface area contributed by atoms with Gasteiger partial charge < -0.3 is 10.4 Å². The number of halogens is 3. The molecule has 0 saturated carbocycles. The zero-order chi connectivity index (χ0) is 14.0. The predicted molar refractivity (Wildman–Crippen MR) is 87.0 cm³/mol. The number of phenols is 1. The zero-order valence-electron chi connectivity index (χ0n) is 10.2. The molecule has 0 radical (unpaired) electrons. The van der Waals surface area contributed by atoms with Crippen LogP contribution in [0, 0.1) is 6.92 Å². The molecule has 2 aromatic carbocycles. The lowest BCUT2D eigenvalue weighted by Crippen LogP contribution is -2.01. The molecule has 0 bridgehead atoms. The van der Waals surface area contributed by atoms with Gasteiger partial charge in [0.2, 0.25) is 0 Å². The molecule has 0 aliphatic carbocycles. The minimum atomic E-state index is 0.233. The van der Waals surface area contributed by atoms with E-state index in [0.29, 0.717) is 11.6 Å². The molecule has 2 rings (SSSR count). The Morgan fingerprint density at radius 3 is 2.42 bits per heavy atom. The van der Waals surface area contributed by atoms with Gasteiger partial charge in [-0.1, -0.05) is 11.6 Å². The molecule has 0 aliphatic heterocycles. The van der Waals surface area contributed by atoms with Crippen LogP contribution in [0.4, 0.5) is 5.69 Å². The molecule has 0 fully saturated rings. The number of anilines is 1. The van der Waals surface area contributed by atoms with Crippen molar-refractivity contribution in [2.45, 2.75) is 13.5 Å². The number of hydrogen-bond donors (Lipinski definition) is 2. The molecule has 0 unspecified atom stereocenters. The van der Waals surface area contributed by atoms with Crippen molar-refractivity contribution < 1.29 is 5.11 Å². The summed E-state index contributed by atoms with van der Waals surface area (Å²) in [7, 11) is 0. The molecule has 2 N–H and O–H groups in total. The molecular weight excluding hydrogens is 393 g/mol. The quantitative estimate of drug-likeness (QED) is 0.708. The first-order valence-corrected chi connectivity index (χ1v) is 7.60. The summed E-state index contributed by atoms with van der Waals surface area (Å²) in [5.41, 5.74) is 2.87. The molecule has 2 nitrogen and oxygen atoms in total. The van der Waals surface area contributed by atoms with Crippen molar-refractivity contribution in [1.82, 2.24) is 0 Å². The minimum absolute atomic E-state index is 0.233. The SMILES string of the molecule is Cc1cc(Br)c(NCc2cc(Cl)ccc2O)c(Br)c1. The average molecular weight is 406 g/mol. The number of hydrogen-bond acceptors (Lipinski definition) is 2. The second kappa shape index (κ2) is 6.16. The van der Waals surface area contributed by atoms with Crippen molar-refractivity contribution in [3.8, 4) is 5.75 Å². The lowest BCUT2D eigenvalue weighted by molar-refractivity contribution is 0.469. The van der Waals surface area contributed by atoms with E-state index in [4.69, 9.17) is 11.6 Å². The summed E-state index contributed by atoms with van der Waals surface area (Å²) in [6.45, 7) is 2.52. The van der Waals surface area contributed by atoms with Gasteiger partial charge in [-0.05, 0) is 74.7 Å². The molecule has 100 valence electrons. The number of rotatable bonds is 3. The molecule has 0 saturated heterocycles. The second-order valence-electron chi connectivity index (χ2n) is 4.23. The summed E-state index contributed by atoms with van der Waals surface area (Å²) in [4.78, 5) is 0. The van der Waals surface area contributed by atoms with Gasteiger partial charge in [-0.15, -0.1) is 0 Å². The van der Waals surface area contributed by atoms with Crippen LogP contribution in [0.1, 0.15) is 11.1 Å². The van der Waals surface area contributed by atoms with Crippen LogP contribution in [-0.4, -0.2) is 5.11 Å². The lowest BCUT2D eigenvalue weighted by Gasteiger charge is -2.13. The van der Waals surface area contributed by atoms with Crippen molar-refractivity contribution in [3.63, 3.8) is 0 Å². The molecule has 0 amide bonds. The maximum absolute atomic E-state index is 9.77. The maximum atomic E-state index is 9.77. The number of phenolic OH excluding ortho intramolecular Hbond substituents is 1. The zero-order valence-corrected chi connectivity index (χ0v) is 14.1. The summed E-state index contributed by atoms with van der Waals surface area (Å²) in [5, 5.41) is 13.7. The van der Waals surface area contributed by atoms with Gasteiger partial charge in [-0.25, -0.2) is 0 Å². The third-order valence-electron chi connectivity index (χ3n) is 2.68. The molecule has 19 heavy (non-hydrogen) atoms. The van der Waals surface area contributed by atoms with Crippen LogP contribution in [0.15, 0.2) is 39.3 Å². The molecule has 0 atom stereocenters. The van der Waals surface area contributed by atoms with Crippen LogP contribution < -0.4 is 5.32 Å². The van der Waals surface area contributed by atoms with Crippen molar-refractivity contribution in [2.75, 3.05) is 5.32 Å². The van der Waals surface area contributed by atoms with Crippen LogP contribution in [0.2, 0.25) is 5.02 Å². The lowest BCUT2D eigenvalue weighted by atomic mass is 10.2. The molecule has 2 aromatic rings. The molecule has 5 heteroatoms. The van der Waals surface area contributed by atoms with Gasteiger partial charge in [-0.3, -0.25) is 0 Å². The summed E-state index contributed by atoms with van der Waals surface area (Å²) in [6, 6.07) is 9.08. The first-order chi connectivity index (χ1) is 8.97. The van der Waals surface area contributed by atoms with E-state index < -0.39 is 0 Å². The Bertz CT molecular complexity index is 593. The summed E-state index contributed by atoms with van der Waals surface area (Å²) >= 11 is 13.0. The van der Waals surface area contributed by atoms with E-state index in [0.717, 1.165) is 25.8 Å². The van der Waals surface area contributed by atoms with Gasteiger partial charge in [0.1, 0.15) is 5.75 Å². The standard InChI is InChI=1S/C14H12Br2ClNO/c1-8-4-11(15)14(12(16)5-8)18-7-9-6-10(17)2-3-13(9)19/h2-6,18-19H,7H2,1H3. The summed E-state index contributed by atoms with van der Waals surface area (Å²) < 4.78 is 1.95. The number of aryl methyl sites for hydroxylation is 1. The fraction of sp³-hybridized carbons (Fsp3) is 0.143. The highest BCUT2D eigenvalue weighted by atomic mass is 79.9. The predicted octanol–water partition coefficient (Wildman–Crippen LogP) is 5.49. The first-order valence-electron chi connectivity index (χ1n) is 5.64. The van der Waals surface area contributed by atoms with Crippen LogP contribution in [0.3, 0.4) is 0 Å². The number of nitrogens with one attached hydrogen (secondary N) is 1. The maximum Gasteiger partial charge on any atom is 0.120 e. The molecule has 0 aliphatic rings. The highest BCUT2D eigenvalue weighted by molar-refractivity contribution is 9.11. The third kappa shape index (κ3) is 3.65. The topological polar surface area (TPSA) is 32.3 Å². The highest BCUT2D eigenvalue weighted by Crippen LogP contribution is 2.33. The molecule has 0 spiro atoms. The van der Waals surface area contributed by atoms with Gasteiger partial charge >= 0.3 is 0 Å². The summed E-state index contributed by atoms with van der Waals surface area (Å²) in [5.74, 6) is 0.233. The Hall–Kier alpha value is -0.710. The van der Waals surface area contributed by atoms with E-state index in [1.54, 1.807) is 18.2 Å². The van der Waals surface area contributed by atoms with E-state index in [-0.39, 0.29) is 5.75 Å². The van der Waals surface area contributed by atoms with E-state index in [1.165, 1.54) is 0 Å². The Morgan fingerprint density at radius 1 is 1.16 bits per heavy atom. The van der Waals surface area contributed by atoms with E-state index in [2.05, 4.69) is 37.2 Å². The van der Waals surface area contributed by atoms with Crippen molar-refractivity contribution in [1.29, 1.82) is 0 Å². The summed E-state index contributed by atoms with van der Waals surface area (Å²) in [6.07, 6.45) is 0. The Morgan fingerprint density at radius 2 is 1.79 bits per heavy atom. The number of aromatic hydroxyl groups is 1. The Labute approximate surface area is 134 Å².